The lowest BCUT2D eigenvalue weighted by Gasteiger charge is -2.16. The number of hydrogen-bond donors (Lipinski definition) is 1. The van der Waals surface area contributed by atoms with Gasteiger partial charge in [0.2, 0.25) is 0 Å². The third kappa shape index (κ3) is 3.15. The van der Waals surface area contributed by atoms with Crippen molar-refractivity contribution in [2.24, 2.45) is 5.73 Å². The summed E-state index contributed by atoms with van der Waals surface area (Å²) in [5, 5.41) is 0. The highest BCUT2D eigenvalue weighted by atomic mass is 16.5. The number of nitrogens with zero attached hydrogens (tertiary/aromatic N) is 2. The molecule has 1 atom stereocenters. The lowest BCUT2D eigenvalue weighted by molar-refractivity contribution is 0.290. The first-order valence-electron chi connectivity index (χ1n) is 6.72. The monoisotopic (exact) mass is 259 g/mol. The van der Waals surface area contributed by atoms with Crippen molar-refractivity contribution < 1.29 is 4.74 Å². The molecule has 102 valence electrons. The van der Waals surface area contributed by atoms with Gasteiger partial charge in [-0.05, 0) is 19.4 Å². The van der Waals surface area contributed by atoms with Crippen molar-refractivity contribution in [1.29, 1.82) is 0 Å². The summed E-state index contributed by atoms with van der Waals surface area (Å²) in [7, 11) is 0. The van der Waals surface area contributed by atoms with Crippen LogP contribution >= 0.6 is 0 Å². The van der Waals surface area contributed by atoms with E-state index in [1.165, 1.54) is 0 Å². The molecule has 0 spiro atoms. The average Bonchev–Trinajstić information content (AvgIpc) is 2.92. The van der Waals surface area contributed by atoms with Gasteiger partial charge in [0.1, 0.15) is 12.4 Å². The van der Waals surface area contributed by atoms with Crippen LogP contribution in [-0.4, -0.2) is 9.55 Å². The highest BCUT2D eigenvalue weighted by molar-refractivity contribution is 5.35. The van der Waals surface area contributed by atoms with Gasteiger partial charge in [0.25, 0.3) is 0 Å². The van der Waals surface area contributed by atoms with Gasteiger partial charge in [-0.25, -0.2) is 4.98 Å². The van der Waals surface area contributed by atoms with E-state index < -0.39 is 0 Å². The van der Waals surface area contributed by atoms with Crippen molar-refractivity contribution in [3.05, 3.63) is 48.0 Å². The molecule has 0 saturated heterocycles. The fraction of sp³-hybridized carbons (Fsp3) is 0.400. The van der Waals surface area contributed by atoms with E-state index in [4.69, 9.17) is 10.5 Å². The van der Waals surface area contributed by atoms with Crippen molar-refractivity contribution in [3.8, 4) is 5.75 Å². The standard InChI is InChI=1S/C15H21N3O/c1-3-14(16)13-7-5-6-8-15(13)19-10-12-9-17-11-18(12)4-2/h5-9,11,14H,3-4,10,16H2,1-2H3/t14-/m0/s1. The number of ether oxygens (including phenoxy) is 1. The van der Waals surface area contributed by atoms with Gasteiger partial charge in [-0.1, -0.05) is 25.1 Å². The van der Waals surface area contributed by atoms with Crippen LogP contribution in [0.4, 0.5) is 0 Å². The smallest absolute Gasteiger partial charge is 0.130 e. The zero-order valence-corrected chi connectivity index (χ0v) is 11.5. The molecule has 1 aromatic heterocycles. The van der Waals surface area contributed by atoms with Crippen molar-refractivity contribution >= 4 is 0 Å². The Kier molecular flexibility index (Phi) is 4.58. The maximum Gasteiger partial charge on any atom is 0.130 e. The minimum Gasteiger partial charge on any atom is -0.487 e. The van der Waals surface area contributed by atoms with Gasteiger partial charge in [-0.3, -0.25) is 0 Å². The molecule has 4 nitrogen and oxygen atoms in total. The maximum atomic E-state index is 6.10. The summed E-state index contributed by atoms with van der Waals surface area (Å²) >= 11 is 0. The molecule has 2 aromatic rings. The third-order valence-corrected chi connectivity index (χ3v) is 3.27. The Labute approximate surface area is 114 Å². The highest BCUT2D eigenvalue weighted by Crippen LogP contribution is 2.26. The Morgan fingerprint density at radius 3 is 2.84 bits per heavy atom. The molecule has 0 aliphatic rings. The second-order valence-corrected chi connectivity index (χ2v) is 4.51. The number of para-hydroxylation sites is 1. The van der Waals surface area contributed by atoms with E-state index in [1.54, 1.807) is 0 Å². The molecule has 0 aliphatic carbocycles. The normalized spacial score (nSPS) is 12.4. The molecular weight excluding hydrogens is 238 g/mol. The Balaban J connectivity index is 2.11. The van der Waals surface area contributed by atoms with Crippen LogP contribution in [0.2, 0.25) is 0 Å². The summed E-state index contributed by atoms with van der Waals surface area (Å²) in [5.74, 6) is 0.862. The van der Waals surface area contributed by atoms with Gasteiger partial charge in [0.15, 0.2) is 0 Å². The van der Waals surface area contributed by atoms with Crippen LogP contribution in [0, 0.1) is 0 Å². The van der Waals surface area contributed by atoms with Gasteiger partial charge in [0, 0.05) is 18.2 Å². The number of aromatic nitrogens is 2. The Morgan fingerprint density at radius 1 is 1.32 bits per heavy atom. The molecule has 0 radical (unpaired) electrons. The first kappa shape index (κ1) is 13.6. The Hall–Kier alpha value is -1.81. The lowest BCUT2D eigenvalue weighted by Crippen LogP contribution is -2.11. The number of hydrogen-bond acceptors (Lipinski definition) is 3. The predicted molar refractivity (Wildman–Crippen MR) is 75.9 cm³/mol. The maximum absolute atomic E-state index is 6.10. The van der Waals surface area contributed by atoms with Crippen LogP contribution in [-0.2, 0) is 13.2 Å². The molecule has 0 amide bonds. The molecule has 0 unspecified atom stereocenters. The van der Waals surface area contributed by atoms with Crippen molar-refractivity contribution in [2.75, 3.05) is 0 Å². The second-order valence-electron chi connectivity index (χ2n) is 4.51. The molecular formula is C15H21N3O. The fourth-order valence-corrected chi connectivity index (χ4v) is 2.04. The van der Waals surface area contributed by atoms with Crippen LogP contribution in [0.3, 0.4) is 0 Å². The minimum atomic E-state index is 0.0206. The van der Waals surface area contributed by atoms with Crippen molar-refractivity contribution in [3.63, 3.8) is 0 Å². The van der Waals surface area contributed by atoms with Gasteiger partial charge in [-0.15, -0.1) is 0 Å². The largest absolute Gasteiger partial charge is 0.487 e. The first-order valence-corrected chi connectivity index (χ1v) is 6.72. The highest BCUT2D eigenvalue weighted by Gasteiger charge is 2.10. The zero-order valence-electron chi connectivity index (χ0n) is 11.5. The van der Waals surface area contributed by atoms with Gasteiger partial charge in [-0.2, -0.15) is 0 Å². The topological polar surface area (TPSA) is 53.1 Å². The van der Waals surface area contributed by atoms with E-state index in [-0.39, 0.29) is 6.04 Å². The molecule has 1 aromatic carbocycles. The molecule has 0 fully saturated rings. The first-order chi connectivity index (χ1) is 9.26. The summed E-state index contributed by atoms with van der Waals surface area (Å²) in [6.07, 6.45) is 4.56. The number of benzene rings is 1. The number of aryl methyl sites for hydroxylation is 1. The minimum absolute atomic E-state index is 0.0206. The summed E-state index contributed by atoms with van der Waals surface area (Å²) in [5.41, 5.74) is 8.24. The number of imidazole rings is 1. The summed E-state index contributed by atoms with van der Waals surface area (Å²) < 4.78 is 7.98. The predicted octanol–water partition coefficient (Wildman–Crippen LogP) is 2.89. The van der Waals surface area contributed by atoms with Crippen LogP contribution in [0.1, 0.15) is 37.6 Å². The molecule has 19 heavy (non-hydrogen) atoms. The van der Waals surface area contributed by atoms with E-state index in [1.807, 2.05) is 36.8 Å². The van der Waals surface area contributed by atoms with E-state index in [9.17, 15) is 0 Å². The van der Waals surface area contributed by atoms with E-state index in [0.717, 1.165) is 30.0 Å². The van der Waals surface area contributed by atoms with Crippen molar-refractivity contribution in [1.82, 2.24) is 9.55 Å². The third-order valence-electron chi connectivity index (χ3n) is 3.27. The number of rotatable bonds is 6. The van der Waals surface area contributed by atoms with Gasteiger partial charge < -0.3 is 15.0 Å². The summed E-state index contributed by atoms with van der Waals surface area (Å²) in [4.78, 5) is 4.14. The summed E-state index contributed by atoms with van der Waals surface area (Å²) in [6, 6.07) is 7.98. The van der Waals surface area contributed by atoms with Crippen LogP contribution < -0.4 is 10.5 Å². The molecule has 0 bridgehead atoms. The van der Waals surface area contributed by atoms with E-state index in [0.29, 0.717) is 6.61 Å². The number of nitrogens with two attached hydrogens (primary N) is 1. The van der Waals surface area contributed by atoms with E-state index in [2.05, 4.69) is 23.4 Å². The average molecular weight is 259 g/mol. The zero-order chi connectivity index (χ0) is 13.7. The Morgan fingerprint density at radius 2 is 2.11 bits per heavy atom. The Bertz CT molecular complexity index is 522. The fourth-order valence-electron chi connectivity index (χ4n) is 2.04. The lowest BCUT2D eigenvalue weighted by atomic mass is 10.0. The van der Waals surface area contributed by atoms with Crippen LogP contribution in [0.15, 0.2) is 36.8 Å². The molecule has 0 aliphatic heterocycles. The quantitative estimate of drug-likeness (QED) is 0.867. The van der Waals surface area contributed by atoms with Crippen molar-refractivity contribution in [2.45, 2.75) is 39.5 Å². The summed E-state index contributed by atoms with van der Waals surface area (Å²) in [6.45, 7) is 5.58. The van der Waals surface area contributed by atoms with Gasteiger partial charge in [0.05, 0.1) is 18.2 Å². The molecule has 4 heteroatoms. The second kappa shape index (κ2) is 6.38. The molecule has 2 N–H and O–H groups in total. The van der Waals surface area contributed by atoms with Gasteiger partial charge >= 0.3 is 0 Å². The van der Waals surface area contributed by atoms with E-state index >= 15 is 0 Å². The molecule has 0 saturated carbocycles. The van der Waals surface area contributed by atoms with Crippen LogP contribution in [0.5, 0.6) is 5.75 Å². The SMILES string of the molecule is CC[C@H](N)c1ccccc1OCc1cncn1CC. The molecule has 2 rings (SSSR count). The molecule has 1 heterocycles. The van der Waals surface area contributed by atoms with Crippen LogP contribution in [0.25, 0.3) is 0 Å².